The van der Waals surface area contributed by atoms with Crippen molar-refractivity contribution in [2.75, 3.05) is 18.9 Å². The summed E-state index contributed by atoms with van der Waals surface area (Å²) in [4.78, 5) is 14.6. The van der Waals surface area contributed by atoms with Crippen molar-refractivity contribution in [3.63, 3.8) is 0 Å². The van der Waals surface area contributed by atoms with Crippen molar-refractivity contribution in [2.45, 2.75) is 57.3 Å². The third-order valence-corrected chi connectivity index (χ3v) is 7.36. The van der Waals surface area contributed by atoms with Crippen LogP contribution in [0.1, 0.15) is 41.9 Å². The van der Waals surface area contributed by atoms with Crippen LogP contribution in [-0.2, 0) is 6.54 Å². The Kier molecular flexibility index (Phi) is 5.09. The second kappa shape index (κ2) is 7.37. The Labute approximate surface area is 167 Å². The maximum atomic E-state index is 6.06. The number of thiophene rings is 1. The van der Waals surface area contributed by atoms with Gasteiger partial charge in [0.15, 0.2) is 0 Å². The molecule has 4 heterocycles. The Morgan fingerprint density at radius 3 is 2.56 bits per heavy atom. The number of nitrogen functional groups attached to an aromatic ring is 1. The van der Waals surface area contributed by atoms with Gasteiger partial charge in [0, 0.05) is 10.3 Å². The summed E-state index contributed by atoms with van der Waals surface area (Å²) in [5.41, 5.74) is 1.23. The standard InChI is InChI=1S/C18H25N7S2/c1-10-5-7-24(8-6-10)9-14-20-16-15(11(2)12(3)26-16)17(21-14)27-18-23-22-13(4)25(18)19/h10H,5-9,19H2,1-4H3. The molecule has 0 aliphatic carbocycles. The van der Waals surface area contributed by atoms with E-state index < -0.39 is 0 Å². The summed E-state index contributed by atoms with van der Waals surface area (Å²) in [5, 5.41) is 10.9. The molecule has 0 atom stereocenters. The summed E-state index contributed by atoms with van der Waals surface area (Å²) in [7, 11) is 0. The number of piperidine rings is 1. The van der Waals surface area contributed by atoms with E-state index in [-0.39, 0.29) is 0 Å². The van der Waals surface area contributed by atoms with Gasteiger partial charge in [-0.1, -0.05) is 6.92 Å². The van der Waals surface area contributed by atoms with Crippen LogP contribution in [0.3, 0.4) is 0 Å². The highest BCUT2D eigenvalue weighted by atomic mass is 32.2. The van der Waals surface area contributed by atoms with Crippen molar-refractivity contribution in [1.82, 2.24) is 29.7 Å². The summed E-state index contributed by atoms with van der Waals surface area (Å²) >= 11 is 3.20. The molecule has 4 rings (SSSR count). The third kappa shape index (κ3) is 3.68. The molecule has 144 valence electrons. The SMILES string of the molecule is Cc1sc2nc(CN3CCC(C)CC3)nc(Sc3nnc(C)n3N)c2c1C. The predicted octanol–water partition coefficient (Wildman–Crippen LogP) is 3.30. The Morgan fingerprint density at radius 1 is 1.15 bits per heavy atom. The van der Waals surface area contributed by atoms with Crippen LogP contribution in [0.5, 0.6) is 0 Å². The van der Waals surface area contributed by atoms with Crippen molar-refractivity contribution in [1.29, 1.82) is 0 Å². The Bertz CT molecular complexity index is 970. The molecule has 1 aliphatic heterocycles. The van der Waals surface area contributed by atoms with E-state index in [1.807, 2.05) is 6.92 Å². The number of hydrogen-bond donors (Lipinski definition) is 1. The van der Waals surface area contributed by atoms with Gasteiger partial charge >= 0.3 is 0 Å². The van der Waals surface area contributed by atoms with Crippen LogP contribution in [0.15, 0.2) is 10.2 Å². The lowest BCUT2D eigenvalue weighted by Crippen LogP contribution is -2.33. The molecule has 0 bridgehead atoms. The minimum Gasteiger partial charge on any atom is -0.336 e. The van der Waals surface area contributed by atoms with Crippen LogP contribution < -0.4 is 5.84 Å². The fraction of sp³-hybridized carbons (Fsp3) is 0.556. The first kappa shape index (κ1) is 18.6. The molecule has 9 heteroatoms. The van der Waals surface area contributed by atoms with Gasteiger partial charge in [-0.25, -0.2) is 14.6 Å². The maximum absolute atomic E-state index is 6.06. The van der Waals surface area contributed by atoms with Gasteiger partial charge in [0.1, 0.15) is 21.5 Å². The van der Waals surface area contributed by atoms with Crippen LogP contribution >= 0.6 is 23.1 Å². The summed E-state index contributed by atoms with van der Waals surface area (Å²) < 4.78 is 1.51. The summed E-state index contributed by atoms with van der Waals surface area (Å²) in [6, 6.07) is 0. The van der Waals surface area contributed by atoms with E-state index in [2.05, 4.69) is 35.9 Å². The number of rotatable bonds is 4. The van der Waals surface area contributed by atoms with E-state index in [1.54, 1.807) is 11.3 Å². The van der Waals surface area contributed by atoms with Gasteiger partial charge in [0.05, 0.1) is 6.54 Å². The van der Waals surface area contributed by atoms with E-state index in [9.17, 15) is 0 Å². The molecule has 0 aromatic carbocycles. The van der Waals surface area contributed by atoms with Crippen LogP contribution in [0, 0.1) is 26.7 Å². The van der Waals surface area contributed by atoms with E-state index in [4.69, 9.17) is 15.8 Å². The number of nitrogens with two attached hydrogens (primary N) is 1. The molecule has 1 saturated heterocycles. The molecule has 3 aromatic heterocycles. The molecule has 7 nitrogen and oxygen atoms in total. The van der Waals surface area contributed by atoms with Gasteiger partial charge in [-0.3, -0.25) is 4.90 Å². The minimum atomic E-state index is 0.647. The zero-order valence-electron chi connectivity index (χ0n) is 16.2. The Morgan fingerprint density at radius 2 is 1.89 bits per heavy atom. The van der Waals surface area contributed by atoms with Gasteiger partial charge in [0.2, 0.25) is 5.16 Å². The molecule has 0 unspecified atom stereocenters. The third-order valence-electron chi connectivity index (χ3n) is 5.31. The molecule has 0 radical (unpaired) electrons. The molecule has 3 aromatic rings. The normalized spacial score (nSPS) is 16.4. The van der Waals surface area contributed by atoms with Gasteiger partial charge < -0.3 is 5.84 Å². The summed E-state index contributed by atoms with van der Waals surface area (Å²) in [6.45, 7) is 11.5. The Balaban J connectivity index is 1.70. The lowest BCUT2D eigenvalue weighted by atomic mass is 9.99. The van der Waals surface area contributed by atoms with Gasteiger partial charge in [-0.15, -0.1) is 21.5 Å². The van der Waals surface area contributed by atoms with E-state index in [1.165, 1.54) is 39.7 Å². The van der Waals surface area contributed by atoms with Crippen LogP contribution in [0.4, 0.5) is 0 Å². The lowest BCUT2D eigenvalue weighted by molar-refractivity contribution is 0.181. The largest absolute Gasteiger partial charge is 0.336 e. The average molecular weight is 404 g/mol. The van der Waals surface area contributed by atoms with Crippen molar-refractivity contribution < 1.29 is 0 Å². The fourth-order valence-electron chi connectivity index (χ4n) is 3.33. The molecular formula is C18H25N7S2. The smallest absolute Gasteiger partial charge is 0.216 e. The second-order valence-electron chi connectivity index (χ2n) is 7.37. The Hall–Kier alpha value is -1.71. The van der Waals surface area contributed by atoms with Crippen LogP contribution in [-0.4, -0.2) is 42.8 Å². The summed E-state index contributed by atoms with van der Waals surface area (Å²) in [6.07, 6.45) is 2.49. The second-order valence-corrected chi connectivity index (χ2v) is 9.53. The molecular weight excluding hydrogens is 378 g/mol. The first-order valence-corrected chi connectivity index (χ1v) is 10.9. The number of hydrogen-bond acceptors (Lipinski definition) is 8. The molecule has 27 heavy (non-hydrogen) atoms. The highest BCUT2D eigenvalue weighted by Crippen LogP contribution is 2.37. The monoisotopic (exact) mass is 403 g/mol. The van der Waals surface area contributed by atoms with Crippen LogP contribution in [0.2, 0.25) is 0 Å². The van der Waals surface area contributed by atoms with Gasteiger partial charge in [-0.2, -0.15) is 0 Å². The number of fused-ring (bicyclic) bond motifs is 1. The van der Waals surface area contributed by atoms with Gasteiger partial charge in [-0.05, 0) is 69.9 Å². The van der Waals surface area contributed by atoms with E-state index in [0.29, 0.717) is 11.0 Å². The van der Waals surface area contributed by atoms with E-state index >= 15 is 0 Å². The molecule has 0 amide bonds. The van der Waals surface area contributed by atoms with Crippen LogP contribution in [0.25, 0.3) is 10.2 Å². The van der Waals surface area contributed by atoms with Gasteiger partial charge in [0.25, 0.3) is 0 Å². The average Bonchev–Trinajstić information content (AvgIpc) is 3.10. The highest BCUT2D eigenvalue weighted by molar-refractivity contribution is 7.99. The number of likely N-dealkylation sites (tertiary alicyclic amines) is 1. The zero-order valence-corrected chi connectivity index (χ0v) is 17.8. The van der Waals surface area contributed by atoms with E-state index in [0.717, 1.165) is 46.6 Å². The fourth-order valence-corrected chi connectivity index (χ4v) is 5.43. The molecule has 0 saturated carbocycles. The van der Waals surface area contributed by atoms with Crippen molar-refractivity contribution in [2.24, 2.45) is 5.92 Å². The van der Waals surface area contributed by atoms with Crippen molar-refractivity contribution in [3.8, 4) is 0 Å². The zero-order chi connectivity index (χ0) is 19.1. The molecule has 1 aliphatic rings. The number of nitrogens with zero attached hydrogens (tertiary/aromatic N) is 6. The lowest BCUT2D eigenvalue weighted by Gasteiger charge is -2.29. The molecule has 0 spiro atoms. The topological polar surface area (TPSA) is 85.8 Å². The predicted molar refractivity (Wildman–Crippen MR) is 110 cm³/mol. The van der Waals surface area contributed by atoms with Crippen molar-refractivity contribution >= 4 is 33.3 Å². The maximum Gasteiger partial charge on any atom is 0.216 e. The highest BCUT2D eigenvalue weighted by Gasteiger charge is 2.21. The first-order chi connectivity index (χ1) is 12.9. The number of aryl methyl sites for hydroxylation is 3. The van der Waals surface area contributed by atoms with Crippen molar-refractivity contribution in [3.05, 3.63) is 22.1 Å². The minimum absolute atomic E-state index is 0.647. The first-order valence-electron chi connectivity index (χ1n) is 9.26. The number of aromatic nitrogens is 5. The molecule has 1 fully saturated rings. The molecule has 2 N–H and O–H groups in total. The summed E-state index contributed by atoms with van der Waals surface area (Å²) in [5.74, 6) is 8.44. The quantitative estimate of drug-likeness (QED) is 0.528.